The average molecular weight is 424 g/mol. The first kappa shape index (κ1) is 22.3. The smallest absolute Gasteiger partial charge is 0.475 e. The number of carboxylic acid groups (broad SMARTS) is 1. The molecule has 0 unspecified atom stereocenters. The number of aliphatic carboxylic acids is 1. The van der Waals surface area contributed by atoms with Crippen molar-refractivity contribution < 1.29 is 37.0 Å². The van der Waals surface area contributed by atoms with Gasteiger partial charge in [-0.25, -0.2) is 9.18 Å². The fourth-order valence-electron chi connectivity index (χ4n) is 4.46. The number of carbonyl (C=O) groups is 2. The van der Waals surface area contributed by atoms with Gasteiger partial charge >= 0.3 is 12.1 Å². The Morgan fingerprint density at radius 1 is 1.03 bits per heavy atom. The van der Waals surface area contributed by atoms with Gasteiger partial charge in [-0.3, -0.25) is 4.79 Å². The molecule has 4 aliphatic rings. The summed E-state index contributed by atoms with van der Waals surface area (Å²) in [5, 5.41) is 7.12. The van der Waals surface area contributed by atoms with Crippen molar-refractivity contribution in [3.8, 4) is 0 Å². The third kappa shape index (κ3) is 6.04. The lowest BCUT2D eigenvalue weighted by molar-refractivity contribution is -0.192. The predicted octanol–water partition coefficient (Wildman–Crippen LogP) is 2.18. The molecule has 1 saturated carbocycles. The minimum Gasteiger partial charge on any atom is -0.475 e. The van der Waals surface area contributed by atoms with Crippen LogP contribution in [0.4, 0.5) is 17.6 Å². The first-order valence-electron chi connectivity index (χ1n) is 10.2. The van der Waals surface area contributed by atoms with Crippen molar-refractivity contribution in [3.05, 3.63) is 0 Å². The van der Waals surface area contributed by atoms with E-state index >= 15 is 0 Å². The van der Waals surface area contributed by atoms with Crippen molar-refractivity contribution in [1.82, 2.24) is 9.80 Å². The SMILES string of the molecule is O=C(O)C(F)(F)F.O=C([C@H]1COC[C@H]2CN(CC3CC3)C[C@H]21)N1CCC(F)CC1. The van der Waals surface area contributed by atoms with Crippen LogP contribution in [0.5, 0.6) is 0 Å². The number of ether oxygens (including phenoxy) is 1. The summed E-state index contributed by atoms with van der Waals surface area (Å²) in [5.74, 6) is -0.677. The summed E-state index contributed by atoms with van der Waals surface area (Å²) in [4.78, 5) is 26.2. The van der Waals surface area contributed by atoms with E-state index < -0.39 is 18.3 Å². The van der Waals surface area contributed by atoms with Crippen molar-refractivity contribution in [1.29, 1.82) is 0 Å². The molecular weight excluding hydrogens is 396 g/mol. The highest BCUT2D eigenvalue weighted by molar-refractivity contribution is 5.79. The van der Waals surface area contributed by atoms with Crippen LogP contribution in [-0.2, 0) is 14.3 Å². The van der Waals surface area contributed by atoms with Gasteiger partial charge in [-0.2, -0.15) is 13.2 Å². The molecule has 166 valence electrons. The van der Waals surface area contributed by atoms with E-state index in [0.29, 0.717) is 44.4 Å². The van der Waals surface area contributed by atoms with Crippen LogP contribution in [0.15, 0.2) is 0 Å². The molecular formula is C19H28F4N2O4. The summed E-state index contributed by atoms with van der Waals surface area (Å²) in [6.45, 7) is 5.90. The molecule has 3 aliphatic heterocycles. The van der Waals surface area contributed by atoms with Crippen LogP contribution in [0.25, 0.3) is 0 Å². The second kappa shape index (κ2) is 9.16. The molecule has 10 heteroatoms. The number of nitrogens with zero attached hydrogens (tertiary/aromatic N) is 2. The summed E-state index contributed by atoms with van der Waals surface area (Å²) in [6.07, 6.45) is -2.05. The molecule has 4 rings (SSSR count). The van der Waals surface area contributed by atoms with E-state index in [4.69, 9.17) is 14.6 Å². The Morgan fingerprint density at radius 2 is 1.66 bits per heavy atom. The molecule has 6 nitrogen and oxygen atoms in total. The van der Waals surface area contributed by atoms with E-state index in [9.17, 15) is 22.4 Å². The van der Waals surface area contributed by atoms with Gasteiger partial charge in [-0.1, -0.05) is 0 Å². The van der Waals surface area contributed by atoms with Gasteiger partial charge in [0.15, 0.2) is 0 Å². The van der Waals surface area contributed by atoms with Gasteiger partial charge in [0, 0.05) is 32.7 Å². The van der Waals surface area contributed by atoms with Gasteiger partial charge in [0.25, 0.3) is 0 Å². The van der Waals surface area contributed by atoms with Crippen LogP contribution in [-0.4, -0.2) is 85.1 Å². The molecule has 29 heavy (non-hydrogen) atoms. The molecule has 0 radical (unpaired) electrons. The summed E-state index contributed by atoms with van der Waals surface area (Å²) >= 11 is 0. The summed E-state index contributed by atoms with van der Waals surface area (Å²) in [5.41, 5.74) is 0. The van der Waals surface area contributed by atoms with Crippen molar-refractivity contribution in [2.45, 2.75) is 38.0 Å². The van der Waals surface area contributed by atoms with Crippen molar-refractivity contribution in [2.75, 3.05) is 45.9 Å². The van der Waals surface area contributed by atoms with Crippen LogP contribution in [0, 0.1) is 23.7 Å². The summed E-state index contributed by atoms with van der Waals surface area (Å²) in [7, 11) is 0. The number of rotatable bonds is 3. The molecule has 4 fully saturated rings. The minimum absolute atomic E-state index is 0.000820. The van der Waals surface area contributed by atoms with Crippen molar-refractivity contribution in [2.24, 2.45) is 23.7 Å². The monoisotopic (exact) mass is 424 g/mol. The molecule has 1 aliphatic carbocycles. The molecule has 0 aromatic heterocycles. The van der Waals surface area contributed by atoms with E-state index in [-0.39, 0.29) is 11.8 Å². The molecule has 0 aromatic rings. The van der Waals surface area contributed by atoms with Crippen molar-refractivity contribution in [3.63, 3.8) is 0 Å². The maximum Gasteiger partial charge on any atom is 0.490 e. The van der Waals surface area contributed by atoms with Crippen LogP contribution < -0.4 is 0 Å². The lowest BCUT2D eigenvalue weighted by atomic mass is 9.81. The number of hydrogen-bond donors (Lipinski definition) is 1. The van der Waals surface area contributed by atoms with Gasteiger partial charge < -0.3 is 19.6 Å². The number of carbonyl (C=O) groups excluding carboxylic acids is 1. The number of fused-ring (bicyclic) bond motifs is 1. The average Bonchev–Trinajstić information content (AvgIpc) is 3.37. The predicted molar refractivity (Wildman–Crippen MR) is 94.9 cm³/mol. The number of amides is 1. The van der Waals surface area contributed by atoms with Crippen LogP contribution >= 0.6 is 0 Å². The zero-order valence-corrected chi connectivity index (χ0v) is 16.2. The number of alkyl halides is 4. The van der Waals surface area contributed by atoms with E-state index in [1.165, 1.54) is 19.4 Å². The van der Waals surface area contributed by atoms with Gasteiger partial charge in [0.05, 0.1) is 19.1 Å². The number of hydrogen-bond acceptors (Lipinski definition) is 4. The molecule has 3 atom stereocenters. The highest BCUT2D eigenvalue weighted by atomic mass is 19.4. The molecule has 3 saturated heterocycles. The van der Waals surface area contributed by atoms with Gasteiger partial charge in [0.2, 0.25) is 5.91 Å². The summed E-state index contributed by atoms with van der Waals surface area (Å²) < 4.78 is 50.8. The standard InChI is InChI=1S/C17H27FN2O2.C2HF3O2/c18-14-3-5-20(6-4-14)17(21)16-11-22-10-13-8-19(9-15(13)16)7-12-1-2-12;3-2(4,5)1(6)7/h12-16H,1-11H2;(H,6,7)/t13-,15-,16+;/m1./s1. The molecule has 0 spiro atoms. The zero-order chi connectivity index (χ0) is 21.2. The Kier molecular flexibility index (Phi) is 7.03. The number of piperidine rings is 1. The first-order valence-corrected chi connectivity index (χ1v) is 10.2. The van der Waals surface area contributed by atoms with E-state index in [0.717, 1.165) is 25.6 Å². The fraction of sp³-hybridized carbons (Fsp3) is 0.895. The lowest BCUT2D eigenvalue weighted by Crippen LogP contribution is -2.48. The Bertz CT molecular complexity index is 591. The van der Waals surface area contributed by atoms with Gasteiger partial charge in [-0.05, 0) is 43.4 Å². The molecule has 1 amide bonds. The van der Waals surface area contributed by atoms with Gasteiger partial charge in [-0.15, -0.1) is 0 Å². The fourth-order valence-corrected chi connectivity index (χ4v) is 4.46. The normalized spacial score (nSPS) is 31.0. The van der Waals surface area contributed by atoms with Gasteiger partial charge in [0.1, 0.15) is 6.17 Å². The van der Waals surface area contributed by atoms with Crippen LogP contribution in [0.3, 0.4) is 0 Å². The Morgan fingerprint density at radius 3 is 2.21 bits per heavy atom. The third-order valence-corrected chi connectivity index (χ3v) is 6.22. The largest absolute Gasteiger partial charge is 0.490 e. The maximum absolute atomic E-state index is 13.3. The Balaban J connectivity index is 0.000000298. The highest BCUT2D eigenvalue weighted by Gasteiger charge is 2.46. The second-order valence-corrected chi connectivity index (χ2v) is 8.53. The van der Waals surface area contributed by atoms with Crippen LogP contribution in [0.1, 0.15) is 25.7 Å². The van der Waals surface area contributed by atoms with E-state index in [2.05, 4.69) is 4.90 Å². The summed E-state index contributed by atoms with van der Waals surface area (Å²) in [6, 6.07) is 0. The molecule has 0 aromatic carbocycles. The van der Waals surface area contributed by atoms with E-state index in [1.807, 2.05) is 4.90 Å². The number of carboxylic acids is 1. The quantitative estimate of drug-likeness (QED) is 0.704. The maximum atomic E-state index is 13.3. The minimum atomic E-state index is -5.08. The number of likely N-dealkylation sites (tertiary alicyclic amines) is 2. The lowest BCUT2D eigenvalue weighted by Gasteiger charge is -2.37. The van der Waals surface area contributed by atoms with Crippen molar-refractivity contribution >= 4 is 11.9 Å². The first-order chi connectivity index (χ1) is 13.6. The van der Waals surface area contributed by atoms with Crippen LogP contribution in [0.2, 0.25) is 0 Å². The topological polar surface area (TPSA) is 70.1 Å². The molecule has 1 N–H and O–H groups in total. The highest BCUT2D eigenvalue weighted by Crippen LogP contribution is 2.38. The second-order valence-electron chi connectivity index (χ2n) is 8.53. The van der Waals surface area contributed by atoms with E-state index in [1.54, 1.807) is 0 Å². The Hall–Kier alpha value is -1.42. The number of halogens is 4. The molecule has 0 bridgehead atoms. The Labute approximate surface area is 167 Å². The zero-order valence-electron chi connectivity index (χ0n) is 16.2. The molecule has 3 heterocycles. The third-order valence-electron chi connectivity index (χ3n) is 6.22.